The second kappa shape index (κ2) is 6.71. The number of aliphatic hydroxyl groups is 3. The van der Waals surface area contributed by atoms with E-state index < -0.39 is 24.3 Å². The summed E-state index contributed by atoms with van der Waals surface area (Å²) >= 11 is 0. The van der Waals surface area contributed by atoms with Crippen LogP contribution in [0.1, 0.15) is 5.56 Å². The van der Waals surface area contributed by atoms with Gasteiger partial charge in [0.2, 0.25) is 12.7 Å². The molecule has 3 rings (SSSR count). The molecule has 0 aliphatic carbocycles. The van der Waals surface area contributed by atoms with E-state index in [1.54, 1.807) is 18.2 Å². The molecule has 8 nitrogen and oxygen atoms in total. The van der Waals surface area contributed by atoms with Crippen LogP contribution < -0.4 is 20.1 Å². The van der Waals surface area contributed by atoms with E-state index in [2.05, 4.69) is 10.6 Å². The van der Waals surface area contributed by atoms with Crippen LogP contribution in [-0.2, 0) is 11.2 Å². The summed E-state index contributed by atoms with van der Waals surface area (Å²) in [5.74, 6) is 1.08. The molecule has 2 aliphatic rings. The van der Waals surface area contributed by atoms with E-state index in [-0.39, 0.29) is 32.3 Å². The van der Waals surface area contributed by atoms with Crippen molar-refractivity contribution in [3.8, 4) is 11.5 Å². The van der Waals surface area contributed by atoms with Crippen LogP contribution in [0, 0.1) is 0 Å². The number of hydrogen-bond acceptors (Lipinski definition) is 7. The van der Waals surface area contributed by atoms with Crippen molar-refractivity contribution in [1.82, 2.24) is 10.6 Å². The first kappa shape index (κ1) is 16.0. The van der Waals surface area contributed by atoms with Gasteiger partial charge in [-0.2, -0.15) is 0 Å². The Kier molecular flexibility index (Phi) is 4.67. The maximum atomic E-state index is 12.0. The van der Waals surface area contributed by atoms with Gasteiger partial charge in [-0.1, -0.05) is 6.07 Å². The lowest BCUT2D eigenvalue weighted by Gasteiger charge is -2.16. The summed E-state index contributed by atoms with van der Waals surface area (Å²) < 4.78 is 10.5. The topological polar surface area (TPSA) is 120 Å². The van der Waals surface area contributed by atoms with Crippen molar-refractivity contribution < 1.29 is 29.6 Å². The van der Waals surface area contributed by atoms with Crippen molar-refractivity contribution >= 4 is 5.91 Å². The lowest BCUT2D eigenvalue weighted by Crippen LogP contribution is -2.44. The van der Waals surface area contributed by atoms with Crippen molar-refractivity contribution in [2.45, 2.75) is 30.7 Å². The summed E-state index contributed by atoms with van der Waals surface area (Å²) in [6, 6.07) is 4.23. The highest BCUT2D eigenvalue weighted by Gasteiger charge is 2.40. The van der Waals surface area contributed by atoms with Crippen LogP contribution in [0.25, 0.3) is 0 Å². The predicted octanol–water partition coefficient (Wildman–Crippen LogP) is -1.87. The molecule has 2 heterocycles. The van der Waals surface area contributed by atoms with Gasteiger partial charge in [0.1, 0.15) is 0 Å². The molecule has 8 heteroatoms. The molecule has 2 aliphatic heterocycles. The molecule has 1 aromatic rings. The number of carbonyl (C=O) groups excluding carboxylic acids is 1. The van der Waals surface area contributed by atoms with Crippen molar-refractivity contribution in [3.05, 3.63) is 23.8 Å². The Labute approximate surface area is 133 Å². The van der Waals surface area contributed by atoms with Crippen LogP contribution in [-0.4, -0.2) is 65.5 Å². The van der Waals surface area contributed by atoms with Crippen molar-refractivity contribution in [3.63, 3.8) is 0 Å². The molecule has 1 saturated heterocycles. The van der Waals surface area contributed by atoms with Crippen molar-refractivity contribution in [2.75, 3.05) is 19.9 Å². The Balaban J connectivity index is 1.50. The largest absolute Gasteiger partial charge is 0.454 e. The monoisotopic (exact) mass is 324 g/mol. The number of rotatable bonds is 5. The van der Waals surface area contributed by atoms with Crippen LogP contribution >= 0.6 is 0 Å². The molecule has 1 amide bonds. The van der Waals surface area contributed by atoms with Gasteiger partial charge in [-0.25, -0.2) is 0 Å². The van der Waals surface area contributed by atoms with Gasteiger partial charge in [0, 0.05) is 6.54 Å². The highest BCUT2D eigenvalue weighted by atomic mass is 16.7. The first-order chi connectivity index (χ1) is 11.1. The highest BCUT2D eigenvalue weighted by molar-refractivity contribution is 5.78. The Bertz CT molecular complexity index is 581. The minimum Gasteiger partial charge on any atom is -0.454 e. The molecule has 0 radical (unpaired) electrons. The van der Waals surface area contributed by atoms with Crippen molar-refractivity contribution in [1.29, 1.82) is 0 Å². The molecule has 23 heavy (non-hydrogen) atoms. The number of amides is 1. The average Bonchev–Trinajstić information content (AvgIpc) is 3.11. The zero-order valence-corrected chi connectivity index (χ0v) is 12.4. The molecule has 0 unspecified atom stereocenters. The third kappa shape index (κ3) is 3.40. The predicted molar refractivity (Wildman–Crippen MR) is 79.1 cm³/mol. The summed E-state index contributed by atoms with van der Waals surface area (Å²) in [6.45, 7) is 0.0720. The fourth-order valence-electron chi connectivity index (χ4n) is 2.81. The third-order valence-corrected chi connectivity index (χ3v) is 4.12. The Hall–Kier alpha value is -1.87. The van der Waals surface area contributed by atoms with Crippen molar-refractivity contribution in [2.24, 2.45) is 0 Å². The zero-order valence-electron chi connectivity index (χ0n) is 12.4. The normalized spacial score (nSPS) is 28.8. The molecular formula is C15H20N2O6. The SMILES string of the molecule is O=C(Cc1ccc2c(c1)OCO2)NC[C@H]1N[C@H](CO)[C@H](O)[C@@H]1O. The van der Waals surface area contributed by atoms with Crippen LogP contribution in [0.3, 0.4) is 0 Å². The van der Waals surface area contributed by atoms with E-state index >= 15 is 0 Å². The summed E-state index contributed by atoms with van der Waals surface area (Å²) in [7, 11) is 0. The van der Waals surface area contributed by atoms with Gasteiger partial charge in [0.15, 0.2) is 11.5 Å². The van der Waals surface area contributed by atoms with E-state index in [1.165, 1.54) is 0 Å². The minimum absolute atomic E-state index is 0.165. The molecular weight excluding hydrogens is 304 g/mol. The molecule has 0 aromatic heterocycles. The van der Waals surface area contributed by atoms with Gasteiger partial charge >= 0.3 is 0 Å². The second-order valence-electron chi connectivity index (χ2n) is 5.71. The quantitative estimate of drug-likeness (QED) is 0.430. The lowest BCUT2D eigenvalue weighted by atomic mass is 10.1. The first-order valence-corrected chi connectivity index (χ1v) is 7.46. The molecule has 126 valence electrons. The maximum Gasteiger partial charge on any atom is 0.231 e. The number of ether oxygens (including phenoxy) is 2. The van der Waals surface area contributed by atoms with E-state index in [9.17, 15) is 15.0 Å². The molecule has 0 saturated carbocycles. The molecule has 0 spiro atoms. The lowest BCUT2D eigenvalue weighted by molar-refractivity contribution is -0.120. The van der Waals surface area contributed by atoms with Gasteiger partial charge in [-0.05, 0) is 17.7 Å². The van der Waals surface area contributed by atoms with Gasteiger partial charge in [0.25, 0.3) is 0 Å². The first-order valence-electron chi connectivity index (χ1n) is 7.46. The summed E-state index contributed by atoms with van der Waals surface area (Å²) in [4.78, 5) is 12.0. The van der Waals surface area contributed by atoms with Gasteiger partial charge in [0.05, 0.1) is 37.3 Å². The number of benzene rings is 1. The fraction of sp³-hybridized carbons (Fsp3) is 0.533. The van der Waals surface area contributed by atoms with Gasteiger partial charge in [-0.15, -0.1) is 0 Å². The Morgan fingerprint density at radius 3 is 2.70 bits per heavy atom. The number of nitrogens with one attached hydrogen (secondary N) is 2. The molecule has 1 aromatic carbocycles. The van der Waals surface area contributed by atoms with E-state index in [0.717, 1.165) is 5.56 Å². The fourth-order valence-corrected chi connectivity index (χ4v) is 2.81. The molecule has 5 N–H and O–H groups in total. The van der Waals surface area contributed by atoms with Crippen LogP contribution in [0.2, 0.25) is 0 Å². The minimum atomic E-state index is -1.05. The average molecular weight is 324 g/mol. The van der Waals surface area contributed by atoms with Gasteiger partial charge in [-0.3, -0.25) is 4.79 Å². The Morgan fingerprint density at radius 2 is 1.96 bits per heavy atom. The maximum absolute atomic E-state index is 12.0. The van der Waals surface area contributed by atoms with Gasteiger partial charge < -0.3 is 35.4 Å². The number of carbonyl (C=O) groups is 1. The summed E-state index contributed by atoms with van der Waals surface area (Å²) in [6.07, 6.45) is -1.90. The number of fused-ring (bicyclic) bond motifs is 1. The molecule has 0 bridgehead atoms. The summed E-state index contributed by atoms with van der Waals surface area (Å²) in [5.41, 5.74) is 0.792. The highest BCUT2D eigenvalue weighted by Crippen LogP contribution is 2.32. The number of hydrogen-bond donors (Lipinski definition) is 5. The summed E-state index contributed by atoms with van der Waals surface area (Å²) in [5, 5.41) is 34.2. The van der Waals surface area contributed by atoms with E-state index in [0.29, 0.717) is 11.5 Å². The van der Waals surface area contributed by atoms with Crippen LogP contribution in [0.4, 0.5) is 0 Å². The Morgan fingerprint density at radius 1 is 1.22 bits per heavy atom. The third-order valence-electron chi connectivity index (χ3n) is 4.12. The molecule has 4 atom stereocenters. The smallest absolute Gasteiger partial charge is 0.231 e. The standard InChI is InChI=1S/C15H20N2O6/c18-6-10-15(21)14(20)9(17-10)5-16-13(19)4-8-1-2-11-12(3-8)23-7-22-11/h1-3,9-10,14-15,17-18,20-21H,4-7H2,(H,16,19)/t9-,10-,14-,15+/m1/s1. The van der Waals surface area contributed by atoms with E-state index in [4.69, 9.17) is 14.6 Å². The number of aliphatic hydroxyl groups excluding tert-OH is 3. The second-order valence-corrected chi connectivity index (χ2v) is 5.71. The van der Waals surface area contributed by atoms with Crippen LogP contribution in [0.5, 0.6) is 11.5 Å². The molecule has 1 fully saturated rings. The zero-order chi connectivity index (χ0) is 16.4. The van der Waals surface area contributed by atoms with Crippen LogP contribution in [0.15, 0.2) is 18.2 Å². The van der Waals surface area contributed by atoms with E-state index in [1.807, 2.05) is 0 Å².